The molecule has 1 nitrogen and oxygen atoms in total. The second-order valence-corrected chi connectivity index (χ2v) is 6.73. The van der Waals surface area contributed by atoms with E-state index in [1.807, 2.05) is 30.0 Å². The first kappa shape index (κ1) is 14.0. The lowest BCUT2D eigenvalue weighted by Crippen LogP contribution is -2.24. The van der Waals surface area contributed by atoms with Gasteiger partial charge in [0.1, 0.15) is 0 Å². The molecule has 0 fully saturated rings. The van der Waals surface area contributed by atoms with Gasteiger partial charge < -0.3 is 5.32 Å². The number of hydrogen-bond donors (Lipinski definition) is 1. The van der Waals surface area contributed by atoms with Gasteiger partial charge in [0.05, 0.1) is 0 Å². The number of hydrogen-bond acceptors (Lipinski definition) is 2. The number of halogens is 1. The smallest absolute Gasteiger partial charge is 0.0409 e. The Bertz CT molecular complexity index is 599. The van der Waals surface area contributed by atoms with Gasteiger partial charge in [-0.2, -0.15) is 0 Å². The van der Waals surface area contributed by atoms with Crippen LogP contribution in [0.3, 0.4) is 0 Å². The Hall–Kier alpha value is -0.960. The van der Waals surface area contributed by atoms with E-state index >= 15 is 0 Å². The van der Waals surface area contributed by atoms with Gasteiger partial charge in [0, 0.05) is 34.2 Å². The van der Waals surface area contributed by atoms with Crippen molar-refractivity contribution in [3.8, 4) is 0 Å². The summed E-state index contributed by atoms with van der Waals surface area (Å²) in [6.45, 7) is 3.21. The minimum absolute atomic E-state index is 0.325. The van der Waals surface area contributed by atoms with E-state index in [1.54, 1.807) is 0 Å². The first-order valence-corrected chi connectivity index (χ1v) is 8.31. The third-order valence-corrected chi connectivity index (χ3v) is 5.30. The second kappa shape index (κ2) is 6.21. The van der Waals surface area contributed by atoms with Gasteiger partial charge in [-0.05, 0) is 36.2 Å². The molecule has 3 heteroatoms. The first-order valence-electron chi connectivity index (χ1n) is 6.94. The van der Waals surface area contributed by atoms with E-state index in [0.717, 1.165) is 11.6 Å². The standard InChI is InChI=1S/C17H18ClNS/c1-12(13-5-4-6-15(18)9-13)19-10-14-11-20-17-8-3-2-7-16(14)17/h2-9,12,14,19H,10-11H2,1H3. The topological polar surface area (TPSA) is 12.0 Å². The zero-order chi connectivity index (χ0) is 13.9. The van der Waals surface area contributed by atoms with E-state index in [4.69, 9.17) is 11.6 Å². The molecular weight excluding hydrogens is 286 g/mol. The van der Waals surface area contributed by atoms with Crippen LogP contribution in [0.1, 0.15) is 30.0 Å². The maximum absolute atomic E-state index is 6.05. The molecule has 0 saturated carbocycles. The van der Waals surface area contributed by atoms with Crippen molar-refractivity contribution in [3.05, 3.63) is 64.7 Å². The van der Waals surface area contributed by atoms with Crippen LogP contribution in [-0.4, -0.2) is 12.3 Å². The lowest BCUT2D eigenvalue weighted by atomic mass is 10.0. The molecule has 2 atom stereocenters. The van der Waals surface area contributed by atoms with Gasteiger partial charge in [-0.15, -0.1) is 11.8 Å². The third kappa shape index (κ3) is 3.03. The Labute approximate surface area is 129 Å². The lowest BCUT2D eigenvalue weighted by molar-refractivity contribution is 0.541. The maximum atomic E-state index is 6.05. The molecule has 2 aromatic rings. The molecule has 20 heavy (non-hydrogen) atoms. The largest absolute Gasteiger partial charge is 0.310 e. The molecule has 0 radical (unpaired) electrons. The Morgan fingerprint density at radius 2 is 2.10 bits per heavy atom. The summed E-state index contributed by atoms with van der Waals surface area (Å²) in [6.07, 6.45) is 0. The molecule has 0 aromatic heterocycles. The van der Waals surface area contributed by atoms with Crippen molar-refractivity contribution in [3.63, 3.8) is 0 Å². The normalized spacial score (nSPS) is 18.8. The van der Waals surface area contributed by atoms with Crippen molar-refractivity contribution in [1.29, 1.82) is 0 Å². The van der Waals surface area contributed by atoms with E-state index < -0.39 is 0 Å². The SMILES string of the molecule is CC(NCC1CSc2ccccc21)c1cccc(Cl)c1. The van der Waals surface area contributed by atoms with Crippen molar-refractivity contribution < 1.29 is 0 Å². The second-order valence-electron chi connectivity index (χ2n) is 5.23. The summed E-state index contributed by atoms with van der Waals surface area (Å²) in [4.78, 5) is 1.44. The monoisotopic (exact) mass is 303 g/mol. The van der Waals surface area contributed by atoms with Crippen LogP contribution in [-0.2, 0) is 0 Å². The van der Waals surface area contributed by atoms with Gasteiger partial charge in [0.15, 0.2) is 0 Å². The fourth-order valence-corrected chi connectivity index (χ4v) is 4.06. The van der Waals surface area contributed by atoms with Crippen molar-refractivity contribution in [2.45, 2.75) is 23.8 Å². The van der Waals surface area contributed by atoms with Crippen LogP contribution in [0.25, 0.3) is 0 Å². The Morgan fingerprint density at radius 1 is 1.25 bits per heavy atom. The fourth-order valence-electron chi connectivity index (χ4n) is 2.61. The highest BCUT2D eigenvalue weighted by Gasteiger charge is 2.22. The van der Waals surface area contributed by atoms with Crippen molar-refractivity contribution in [2.24, 2.45) is 0 Å². The summed E-state index contributed by atoms with van der Waals surface area (Å²) in [6, 6.07) is 17.2. The predicted octanol–water partition coefficient (Wildman–Crippen LogP) is 4.88. The Balaban J connectivity index is 1.63. The molecule has 0 spiro atoms. The number of thioether (sulfide) groups is 1. The molecule has 1 N–H and O–H groups in total. The Kier molecular flexibility index (Phi) is 4.35. The highest BCUT2D eigenvalue weighted by atomic mass is 35.5. The average Bonchev–Trinajstić information content (AvgIpc) is 2.88. The van der Waals surface area contributed by atoms with E-state index in [-0.39, 0.29) is 0 Å². The van der Waals surface area contributed by atoms with Gasteiger partial charge in [0.25, 0.3) is 0 Å². The van der Waals surface area contributed by atoms with Crippen LogP contribution in [0.2, 0.25) is 5.02 Å². The van der Waals surface area contributed by atoms with Crippen LogP contribution in [0.4, 0.5) is 0 Å². The third-order valence-electron chi connectivity index (χ3n) is 3.82. The Morgan fingerprint density at radius 3 is 2.95 bits per heavy atom. The summed E-state index contributed by atoms with van der Waals surface area (Å²) < 4.78 is 0. The molecule has 1 heterocycles. The van der Waals surface area contributed by atoms with E-state index in [1.165, 1.54) is 21.8 Å². The summed E-state index contributed by atoms with van der Waals surface area (Å²) in [7, 11) is 0. The summed E-state index contributed by atoms with van der Waals surface area (Å²) in [5.74, 6) is 1.78. The molecule has 104 valence electrons. The van der Waals surface area contributed by atoms with Crippen LogP contribution >= 0.6 is 23.4 Å². The fraction of sp³-hybridized carbons (Fsp3) is 0.294. The highest BCUT2D eigenvalue weighted by molar-refractivity contribution is 7.99. The van der Waals surface area contributed by atoms with E-state index in [9.17, 15) is 0 Å². The van der Waals surface area contributed by atoms with Gasteiger partial charge >= 0.3 is 0 Å². The number of fused-ring (bicyclic) bond motifs is 1. The molecule has 0 saturated heterocycles. The summed E-state index contributed by atoms with van der Waals surface area (Å²) >= 11 is 8.02. The van der Waals surface area contributed by atoms with E-state index in [2.05, 4.69) is 42.6 Å². The van der Waals surface area contributed by atoms with Crippen molar-refractivity contribution in [2.75, 3.05) is 12.3 Å². The molecule has 2 aromatic carbocycles. The summed E-state index contributed by atoms with van der Waals surface area (Å²) in [5, 5.41) is 4.44. The van der Waals surface area contributed by atoms with Crippen LogP contribution in [0, 0.1) is 0 Å². The molecule has 0 bridgehead atoms. The van der Waals surface area contributed by atoms with Gasteiger partial charge in [0.2, 0.25) is 0 Å². The molecule has 0 amide bonds. The molecular formula is C17H18ClNS. The molecule has 3 rings (SSSR count). The highest BCUT2D eigenvalue weighted by Crippen LogP contribution is 2.39. The van der Waals surface area contributed by atoms with Crippen LogP contribution in [0.15, 0.2) is 53.4 Å². The molecule has 2 unspecified atom stereocenters. The number of benzene rings is 2. The quantitative estimate of drug-likeness (QED) is 0.864. The lowest BCUT2D eigenvalue weighted by Gasteiger charge is -2.18. The zero-order valence-corrected chi connectivity index (χ0v) is 13.0. The van der Waals surface area contributed by atoms with Gasteiger partial charge in [-0.1, -0.05) is 41.9 Å². The van der Waals surface area contributed by atoms with Crippen molar-refractivity contribution in [1.82, 2.24) is 5.32 Å². The van der Waals surface area contributed by atoms with E-state index in [0.29, 0.717) is 12.0 Å². The zero-order valence-electron chi connectivity index (χ0n) is 11.5. The minimum atomic E-state index is 0.325. The molecule has 0 aliphatic carbocycles. The van der Waals surface area contributed by atoms with Crippen LogP contribution in [0.5, 0.6) is 0 Å². The first-order chi connectivity index (χ1) is 9.74. The van der Waals surface area contributed by atoms with Gasteiger partial charge in [-0.3, -0.25) is 0 Å². The number of nitrogens with one attached hydrogen (secondary N) is 1. The van der Waals surface area contributed by atoms with Crippen LogP contribution < -0.4 is 5.32 Å². The van der Waals surface area contributed by atoms with Gasteiger partial charge in [-0.25, -0.2) is 0 Å². The summed E-state index contributed by atoms with van der Waals surface area (Å²) in [5.41, 5.74) is 2.74. The molecule has 1 aliphatic heterocycles. The minimum Gasteiger partial charge on any atom is -0.310 e. The maximum Gasteiger partial charge on any atom is 0.0409 e. The molecule has 1 aliphatic rings. The average molecular weight is 304 g/mol. The predicted molar refractivity (Wildman–Crippen MR) is 87.8 cm³/mol. The number of rotatable bonds is 4. The van der Waals surface area contributed by atoms with Crippen molar-refractivity contribution >= 4 is 23.4 Å².